The van der Waals surface area contributed by atoms with Crippen LogP contribution < -0.4 is 4.74 Å². The molecule has 0 unspecified atom stereocenters. The molecule has 1 saturated heterocycles. The van der Waals surface area contributed by atoms with Crippen LogP contribution in [0.25, 0.3) is 21.7 Å². The van der Waals surface area contributed by atoms with E-state index in [1.165, 1.54) is 0 Å². The van der Waals surface area contributed by atoms with Crippen molar-refractivity contribution in [3.63, 3.8) is 0 Å². The Balaban J connectivity index is 1.20. The molecule has 5 rings (SSSR count). The molecule has 0 bridgehead atoms. The average Bonchev–Trinajstić information content (AvgIpc) is 3.47. The number of benzene rings is 1. The molecule has 1 aliphatic heterocycles. The van der Waals surface area contributed by atoms with E-state index in [0.717, 1.165) is 23.1 Å². The minimum atomic E-state index is -0.139. The Labute approximate surface area is 164 Å². The molecule has 142 valence electrons. The zero-order valence-electron chi connectivity index (χ0n) is 14.9. The maximum absolute atomic E-state index is 12.7. The number of thiazole rings is 1. The first-order valence-electron chi connectivity index (χ1n) is 9.08. The van der Waals surface area contributed by atoms with Gasteiger partial charge in [0.2, 0.25) is 5.76 Å². The van der Waals surface area contributed by atoms with Crippen molar-refractivity contribution < 1.29 is 18.5 Å². The number of hydrogen-bond acceptors (Lipinski definition) is 7. The molecule has 0 radical (unpaired) electrons. The van der Waals surface area contributed by atoms with Crippen LogP contribution in [0.4, 0.5) is 0 Å². The second-order valence-electron chi connectivity index (χ2n) is 6.61. The van der Waals surface area contributed by atoms with Crippen LogP contribution in [0.5, 0.6) is 5.19 Å². The van der Waals surface area contributed by atoms with Crippen molar-refractivity contribution in [1.29, 1.82) is 0 Å². The SMILES string of the molecule is O=C(c1cc(-c2ccco2)on1)N1CCC(Oc2nc3ccccc3s2)CC1. The quantitative estimate of drug-likeness (QED) is 0.514. The van der Waals surface area contributed by atoms with Crippen LogP contribution in [0, 0.1) is 0 Å². The number of amides is 1. The Morgan fingerprint density at radius 1 is 1.14 bits per heavy atom. The normalized spacial score (nSPS) is 15.2. The predicted molar refractivity (Wildman–Crippen MR) is 103 cm³/mol. The number of aromatic nitrogens is 2. The second kappa shape index (κ2) is 7.12. The van der Waals surface area contributed by atoms with E-state index in [4.69, 9.17) is 13.7 Å². The number of carbonyl (C=O) groups excluding carboxylic acids is 1. The molecule has 4 heterocycles. The molecule has 1 aliphatic rings. The van der Waals surface area contributed by atoms with Crippen molar-refractivity contribution in [2.75, 3.05) is 13.1 Å². The summed E-state index contributed by atoms with van der Waals surface area (Å²) >= 11 is 1.55. The molecule has 8 heteroatoms. The smallest absolute Gasteiger partial charge is 0.276 e. The molecule has 0 aliphatic carbocycles. The predicted octanol–water partition coefficient (Wildman–Crippen LogP) is 4.23. The van der Waals surface area contributed by atoms with E-state index in [2.05, 4.69) is 10.1 Å². The van der Waals surface area contributed by atoms with Gasteiger partial charge >= 0.3 is 0 Å². The molecule has 1 fully saturated rings. The van der Waals surface area contributed by atoms with Gasteiger partial charge in [0.15, 0.2) is 11.5 Å². The number of para-hydroxylation sites is 1. The third-order valence-electron chi connectivity index (χ3n) is 4.76. The van der Waals surface area contributed by atoms with Gasteiger partial charge in [0, 0.05) is 32.0 Å². The van der Waals surface area contributed by atoms with Crippen molar-refractivity contribution in [3.05, 3.63) is 54.4 Å². The van der Waals surface area contributed by atoms with E-state index in [1.807, 2.05) is 24.3 Å². The lowest BCUT2D eigenvalue weighted by Crippen LogP contribution is -2.41. The summed E-state index contributed by atoms with van der Waals surface area (Å²) in [5.41, 5.74) is 1.24. The highest BCUT2D eigenvalue weighted by atomic mass is 32.1. The number of likely N-dealkylation sites (tertiary alicyclic amines) is 1. The number of carbonyl (C=O) groups is 1. The number of hydrogen-bond donors (Lipinski definition) is 0. The molecule has 1 amide bonds. The highest BCUT2D eigenvalue weighted by Crippen LogP contribution is 2.30. The van der Waals surface area contributed by atoms with Gasteiger partial charge in [-0.05, 0) is 24.3 Å². The molecule has 0 atom stereocenters. The molecule has 3 aromatic heterocycles. The van der Waals surface area contributed by atoms with E-state index in [0.29, 0.717) is 29.8 Å². The molecule has 0 spiro atoms. The highest BCUT2D eigenvalue weighted by Gasteiger charge is 2.27. The summed E-state index contributed by atoms with van der Waals surface area (Å²) in [5, 5.41) is 4.58. The van der Waals surface area contributed by atoms with E-state index in [1.54, 1.807) is 40.7 Å². The lowest BCUT2D eigenvalue weighted by atomic mass is 10.1. The van der Waals surface area contributed by atoms with E-state index >= 15 is 0 Å². The molecule has 28 heavy (non-hydrogen) atoms. The van der Waals surface area contributed by atoms with Crippen LogP contribution in [0.2, 0.25) is 0 Å². The van der Waals surface area contributed by atoms with Gasteiger partial charge in [0.05, 0.1) is 16.5 Å². The van der Waals surface area contributed by atoms with Crippen molar-refractivity contribution in [2.45, 2.75) is 18.9 Å². The van der Waals surface area contributed by atoms with Crippen LogP contribution in [0.1, 0.15) is 23.3 Å². The zero-order chi connectivity index (χ0) is 18.9. The summed E-state index contributed by atoms with van der Waals surface area (Å²) in [6, 6.07) is 13.1. The molecule has 0 N–H and O–H groups in total. The van der Waals surface area contributed by atoms with Crippen LogP contribution in [0.3, 0.4) is 0 Å². The summed E-state index contributed by atoms with van der Waals surface area (Å²) in [6.45, 7) is 1.22. The summed E-state index contributed by atoms with van der Waals surface area (Å²) in [7, 11) is 0. The maximum Gasteiger partial charge on any atom is 0.276 e. The van der Waals surface area contributed by atoms with Gasteiger partial charge in [0.25, 0.3) is 11.1 Å². The number of rotatable bonds is 4. The Kier molecular flexibility index (Phi) is 4.32. The molecule has 1 aromatic carbocycles. The van der Waals surface area contributed by atoms with Crippen molar-refractivity contribution >= 4 is 27.5 Å². The Morgan fingerprint density at radius 2 is 2.00 bits per heavy atom. The summed E-state index contributed by atoms with van der Waals surface area (Å²) in [5.74, 6) is 0.858. The van der Waals surface area contributed by atoms with E-state index in [9.17, 15) is 4.79 Å². The number of furan rings is 1. The van der Waals surface area contributed by atoms with Gasteiger partial charge in [-0.15, -0.1) is 0 Å². The van der Waals surface area contributed by atoms with Crippen molar-refractivity contribution in [1.82, 2.24) is 15.0 Å². The van der Waals surface area contributed by atoms with Crippen LogP contribution in [0.15, 0.2) is 57.7 Å². The Bertz CT molecular complexity index is 1060. The standard InChI is InChI=1S/C20H17N3O4S/c24-19(15-12-17(27-22-15)16-5-3-11-25-16)23-9-7-13(8-10-23)26-20-21-14-4-1-2-6-18(14)28-20/h1-6,11-13H,7-10H2. The first kappa shape index (κ1) is 17.0. The molecular formula is C20H17N3O4S. The minimum absolute atomic E-state index is 0.0561. The third kappa shape index (κ3) is 3.27. The summed E-state index contributed by atoms with van der Waals surface area (Å²) in [6.07, 6.45) is 3.12. The fourth-order valence-electron chi connectivity index (χ4n) is 3.29. The van der Waals surface area contributed by atoms with Gasteiger partial charge in [-0.3, -0.25) is 4.79 Å². The fourth-order valence-corrected chi connectivity index (χ4v) is 4.17. The Morgan fingerprint density at radius 3 is 2.79 bits per heavy atom. The van der Waals surface area contributed by atoms with Crippen molar-refractivity contribution in [3.8, 4) is 16.7 Å². The number of ether oxygens (including phenoxy) is 1. The largest absolute Gasteiger partial charge is 0.467 e. The fraction of sp³-hybridized carbons (Fsp3) is 0.250. The topological polar surface area (TPSA) is 81.6 Å². The van der Waals surface area contributed by atoms with Crippen molar-refractivity contribution in [2.24, 2.45) is 0 Å². The monoisotopic (exact) mass is 395 g/mol. The van der Waals surface area contributed by atoms with Gasteiger partial charge in [-0.25, -0.2) is 4.98 Å². The molecule has 4 aromatic rings. The number of piperidine rings is 1. The van der Waals surface area contributed by atoms with Crippen LogP contribution >= 0.6 is 11.3 Å². The minimum Gasteiger partial charge on any atom is -0.467 e. The second-order valence-corrected chi connectivity index (χ2v) is 7.60. The number of nitrogens with zero attached hydrogens (tertiary/aromatic N) is 3. The van der Waals surface area contributed by atoms with Gasteiger partial charge in [0.1, 0.15) is 6.10 Å². The van der Waals surface area contributed by atoms with Crippen LogP contribution in [-0.4, -0.2) is 40.1 Å². The van der Waals surface area contributed by atoms with E-state index in [-0.39, 0.29) is 17.7 Å². The zero-order valence-corrected chi connectivity index (χ0v) is 15.7. The molecule has 0 saturated carbocycles. The van der Waals surface area contributed by atoms with Gasteiger partial charge in [-0.2, -0.15) is 0 Å². The third-order valence-corrected chi connectivity index (χ3v) is 5.69. The van der Waals surface area contributed by atoms with Crippen LogP contribution in [-0.2, 0) is 0 Å². The first-order valence-corrected chi connectivity index (χ1v) is 9.90. The number of fused-ring (bicyclic) bond motifs is 1. The van der Waals surface area contributed by atoms with E-state index < -0.39 is 0 Å². The molecular weight excluding hydrogens is 378 g/mol. The van der Waals surface area contributed by atoms with Gasteiger partial charge in [-0.1, -0.05) is 28.6 Å². The lowest BCUT2D eigenvalue weighted by Gasteiger charge is -2.31. The maximum atomic E-state index is 12.7. The van der Waals surface area contributed by atoms with Gasteiger partial charge < -0.3 is 18.6 Å². The average molecular weight is 395 g/mol. The summed E-state index contributed by atoms with van der Waals surface area (Å²) < 4.78 is 17.7. The summed E-state index contributed by atoms with van der Waals surface area (Å²) in [4.78, 5) is 19.0. The highest BCUT2D eigenvalue weighted by molar-refractivity contribution is 7.20. The first-order chi connectivity index (χ1) is 13.8. The Hall–Kier alpha value is -3.13. The molecule has 7 nitrogen and oxygen atoms in total. The lowest BCUT2D eigenvalue weighted by molar-refractivity contribution is 0.0586.